The molecule has 3 atom stereocenters. The predicted octanol–water partition coefficient (Wildman–Crippen LogP) is 4.92. The Morgan fingerprint density at radius 1 is 1.23 bits per heavy atom. The van der Waals surface area contributed by atoms with Crippen LogP contribution >= 0.6 is 0 Å². The van der Waals surface area contributed by atoms with Crippen molar-refractivity contribution in [2.75, 3.05) is 0 Å². The maximum atomic E-state index is 12.1. The summed E-state index contributed by atoms with van der Waals surface area (Å²) in [6, 6.07) is 0. The van der Waals surface area contributed by atoms with Crippen molar-refractivity contribution >= 4 is 11.8 Å². The van der Waals surface area contributed by atoms with Crippen molar-refractivity contribution in [2.24, 2.45) is 17.3 Å². The van der Waals surface area contributed by atoms with Crippen LogP contribution in [0.2, 0.25) is 0 Å². The number of unbranched alkanes of at least 4 members (excludes halogenated alkanes) is 4. The monoisotopic (exact) mass is 364 g/mol. The first-order valence-corrected chi connectivity index (χ1v) is 10.1. The molecule has 0 spiro atoms. The van der Waals surface area contributed by atoms with E-state index in [1.807, 2.05) is 18.2 Å². The summed E-state index contributed by atoms with van der Waals surface area (Å²) in [6.07, 6.45) is 14.7. The van der Waals surface area contributed by atoms with Crippen LogP contribution in [0.3, 0.4) is 0 Å². The summed E-state index contributed by atoms with van der Waals surface area (Å²) < 4.78 is 0. The normalized spacial score (nSPS) is 21.6. The highest BCUT2D eigenvalue weighted by Crippen LogP contribution is 2.32. The topological polar surface area (TPSA) is 74.6 Å². The van der Waals surface area contributed by atoms with Gasteiger partial charge in [0.15, 0.2) is 5.78 Å². The minimum atomic E-state index is -0.745. The second kappa shape index (κ2) is 11.3. The van der Waals surface area contributed by atoms with E-state index in [1.165, 1.54) is 0 Å². The quantitative estimate of drug-likeness (QED) is 0.359. The number of carboxylic acid groups (broad SMARTS) is 1. The van der Waals surface area contributed by atoms with Gasteiger partial charge in [-0.15, -0.1) is 0 Å². The Morgan fingerprint density at radius 2 is 1.92 bits per heavy atom. The number of carbonyl (C=O) groups is 2. The van der Waals surface area contributed by atoms with Crippen LogP contribution in [-0.2, 0) is 9.59 Å². The predicted molar refractivity (Wildman–Crippen MR) is 105 cm³/mol. The van der Waals surface area contributed by atoms with Crippen molar-refractivity contribution in [3.8, 4) is 0 Å². The lowest BCUT2D eigenvalue weighted by Crippen LogP contribution is -2.27. The summed E-state index contributed by atoms with van der Waals surface area (Å²) in [5, 5.41) is 19.1. The number of hydrogen-bond acceptors (Lipinski definition) is 3. The van der Waals surface area contributed by atoms with Gasteiger partial charge in [0.2, 0.25) is 0 Å². The van der Waals surface area contributed by atoms with Gasteiger partial charge in [0.25, 0.3) is 0 Å². The van der Waals surface area contributed by atoms with Crippen LogP contribution < -0.4 is 0 Å². The highest BCUT2D eigenvalue weighted by molar-refractivity contribution is 5.94. The fraction of sp³-hybridized carbons (Fsp3) is 0.727. The Morgan fingerprint density at radius 3 is 2.58 bits per heavy atom. The van der Waals surface area contributed by atoms with Crippen LogP contribution in [0.5, 0.6) is 0 Å². The molecule has 0 saturated carbocycles. The minimum absolute atomic E-state index is 0.0309. The zero-order valence-electron chi connectivity index (χ0n) is 16.6. The average Bonchev–Trinajstić information content (AvgIpc) is 2.93. The average molecular weight is 365 g/mol. The zero-order chi connectivity index (χ0) is 19.6. The van der Waals surface area contributed by atoms with Gasteiger partial charge in [0.1, 0.15) is 0 Å². The van der Waals surface area contributed by atoms with Crippen molar-refractivity contribution in [1.29, 1.82) is 0 Å². The molecule has 0 aromatic rings. The molecule has 26 heavy (non-hydrogen) atoms. The fourth-order valence-corrected chi connectivity index (χ4v) is 3.45. The third kappa shape index (κ3) is 7.86. The molecule has 0 saturated heterocycles. The van der Waals surface area contributed by atoms with E-state index in [4.69, 9.17) is 5.11 Å². The standard InChI is InChI=1S/C22H36O4/c1-4-5-16-22(2,3)20(24)15-13-17-12-14-19(23)18(17)10-8-6-7-9-11-21(25)26/h12-15,17-18,20,24H,4-11,16H2,1-3H3,(H,25,26)/b15-13+. The van der Waals surface area contributed by atoms with Gasteiger partial charge < -0.3 is 10.2 Å². The highest BCUT2D eigenvalue weighted by atomic mass is 16.4. The van der Waals surface area contributed by atoms with Gasteiger partial charge in [-0.25, -0.2) is 0 Å². The Bertz CT molecular complexity index is 504. The van der Waals surface area contributed by atoms with Crippen LogP contribution in [0.1, 0.15) is 78.6 Å². The third-order valence-corrected chi connectivity index (χ3v) is 5.46. The van der Waals surface area contributed by atoms with Gasteiger partial charge in [0, 0.05) is 18.3 Å². The molecule has 0 aromatic heterocycles. The van der Waals surface area contributed by atoms with E-state index < -0.39 is 12.1 Å². The lowest BCUT2D eigenvalue weighted by Gasteiger charge is -2.29. The summed E-state index contributed by atoms with van der Waals surface area (Å²) in [7, 11) is 0. The molecule has 148 valence electrons. The van der Waals surface area contributed by atoms with Crippen LogP contribution in [0.15, 0.2) is 24.3 Å². The second-order valence-electron chi connectivity index (χ2n) is 8.21. The number of carbonyl (C=O) groups excluding carboxylic acids is 1. The fourth-order valence-electron chi connectivity index (χ4n) is 3.45. The van der Waals surface area contributed by atoms with Gasteiger partial charge in [-0.1, -0.05) is 71.1 Å². The Balaban J connectivity index is 2.45. The SMILES string of the molecule is CCCCC(C)(C)C(O)/C=C/C1C=CC(=O)C1CCCCCCC(=O)O. The molecule has 0 radical (unpaired) electrons. The molecule has 2 N–H and O–H groups in total. The first kappa shape index (κ1) is 22.6. The number of aliphatic carboxylic acids is 1. The van der Waals surface area contributed by atoms with Gasteiger partial charge >= 0.3 is 5.97 Å². The molecule has 4 nitrogen and oxygen atoms in total. The molecule has 0 bridgehead atoms. The smallest absolute Gasteiger partial charge is 0.303 e. The molecule has 0 amide bonds. The molecule has 3 unspecified atom stereocenters. The Labute approximate surface area is 158 Å². The number of carboxylic acids is 1. The van der Waals surface area contributed by atoms with Gasteiger partial charge in [-0.2, -0.15) is 0 Å². The lowest BCUT2D eigenvalue weighted by molar-refractivity contribution is -0.137. The molecule has 0 heterocycles. The minimum Gasteiger partial charge on any atom is -0.481 e. The number of rotatable bonds is 13. The van der Waals surface area contributed by atoms with Gasteiger partial charge in [-0.05, 0) is 30.8 Å². The van der Waals surface area contributed by atoms with E-state index in [0.717, 1.165) is 44.9 Å². The maximum absolute atomic E-state index is 12.1. The van der Waals surface area contributed by atoms with E-state index in [0.29, 0.717) is 6.42 Å². The summed E-state index contributed by atoms with van der Waals surface area (Å²) in [4.78, 5) is 22.6. The van der Waals surface area contributed by atoms with Crippen molar-refractivity contribution in [3.05, 3.63) is 24.3 Å². The van der Waals surface area contributed by atoms with E-state index >= 15 is 0 Å². The highest BCUT2D eigenvalue weighted by Gasteiger charge is 2.29. The molecule has 0 fully saturated rings. The van der Waals surface area contributed by atoms with Crippen LogP contribution in [0, 0.1) is 17.3 Å². The Hall–Kier alpha value is -1.42. The zero-order valence-corrected chi connectivity index (χ0v) is 16.6. The first-order chi connectivity index (χ1) is 12.3. The van der Waals surface area contributed by atoms with Crippen LogP contribution in [-0.4, -0.2) is 28.1 Å². The van der Waals surface area contributed by atoms with Crippen molar-refractivity contribution in [1.82, 2.24) is 0 Å². The summed E-state index contributed by atoms with van der Waals surface area (Å²) in [5.41, 5.74) is -0.154. The molecule has 4 heteroatoms. The third-order valence-electron chi connectivity index (χ3n) is 5.46. The Kier molecular flexibility index (Phi) is 9.85. The number of hydrogen-bond donors (Lipinski definition) is 2. The molecule has 1 aliphatic rings. The van der Waals surface area contributed by atoms with E-state index in [2.05, 4.69) is 20.8 Å². The summed E-state index contributed by atoms with van der Waals surface area (Å²) >= 11 is 0. The molecular formula is C22H36O4. The number of ketones is 1. The number of aliphatic hydroxyl groups excluding tert-OH is 1. The van der Waals surface area contributed by atoms with Crippen molar-refractivity contribution in [2.45, 2.75) is 84.7 Å². The van der Waals surface area contributed by atoms with Crippen molar-refractivity contribution < 1.29 is 19.8 Å². The molecule has 0 aromatic carbocycles. The second-order valence-corrected chi connectivity index (χ2v) is 8.21. The maximum Gasteiger partial charge on any atom is 0.303 e. The van der Waals surface area contributed by atoms with Gasteiger partial charge in [-0.3, -0.25) is 9.59 Å². The molecule has 1 rings (SSSR count). The number of allylic oxidation sites excluding steroid dienone is 3. The number of aliphatic hydroxyl groups is 1. The van der Waals surface area contributed by atoms with E-state index in [9.17, 15) is 14.7 Å². The first-order valence-electron chi connectivity index (χ1n) is 10.1. The largest absolute Gasteiger partial charge is 0.481 e. The summed E-state index contributed by atoms with van der Waals surface area (Å²) in [5.74, 6) is -0.537. The molecule has 0 aliphatic heterocycles. The summed E-state index contributed by atoms with van der Waals surface area (Å²) in [6.45, 7) is 6.32. The van der Waals surface area contributed by atoms with Gasteiger partial charge in [0.05, 0.1) is 6.10 Å². The molecular weight excluding hydrogens is 328 g/mol. The van der Waals surface area contributed by atoms with Crippen LogP contribution in [0.4, 0.5) is 0 Å². The molecule has 1 aliphatic carbocycles. The van der Waals surface area contributed by atoms with Crippen molar-refractivity contribution in [3.63, 3.8) is 0 Å². The van der Waals surface area contributed by atoms with Crippen LogP contribution in [0.25, 0.3) is 0 Å². The van der Waals surface area contributed by atoms with E-state index in [-0.39, 0.29) is 29.5 Å². The lowest BCUT2D eigenvalue weighted by atomic mass is 9.80. The van der Waals surface area contributed by atoms with E-state index in [1.54, 1.807) is 6.08 Å².